The quantitative estimate of drug-likeness (QED) is 0.665. The average molecular weight is 478 g/mol. The van der Waals surface area contributed by atoms with E-state index in [1.54, 1.807) is 6.07 Å². The fourth-order valence-electron chi connectivity index (χ4n) is 2.02. The van der Waals surface area contributed by atoms with Crippen LogP contribution < -0.4 is 0 Å². The van der Waals surface area contributed by atoms with Crippen LogP contribution in [0.2, 0.25) is 0 Å². The number of benzene rings is 2. The van der Waals surface area contributed by atoms with Gasteiger partial charge in [-0.2, -0.15) is 0 Å². The molecule has 0 radical (unpaired) electrons. The van der Waals surface area contributed by atoms with E-state index < -0.39 is 11.7 Å². The van der Waals surface area contributed by atoms with Crippen molar-refractivity contribution in [3.8, 4) is 0 Å². The molecule has 22 heavy (non-hydrogen) atoms. The summed E-state index contributed by atoms with van der Waals surface area (Å²) in [7, 11) is 0. The van der Waals surface area contributed by atoms with Crippen LogP contribution in [0.4, 0.5) is 4.39 Å². The third-order valence-corrected chi connectivity index (χ3v) is 4.32. The van der Waals surface area contributed by atoms with Crippen LogP contribution in [0.15, 0.2) is 46.9 Å². The molecule has 0 spiro atoms. The van der Waals surface area contributed by atoms with Crippen LogP contribution in [-0.2, 0) is 6.54 Å². The highest BCUT2D eigenvalue weighted by Crippen LogP contribution is 2.18. The Morgan fingerprint density at radius 3 is 2.50 bits per heavy atom. The summed E-state index contributed by atoms with van der Waals surface area (Å²) < 4.78 is 15.6. The summed E-state index contributed by atoms with van der Waals surface area (Å²) >= 11 is 5.37. The monoisotopic (exact) mass is 477 g/mol. The molecule has 3 nitrogen and oxygen atoms in total. The number of aliphatic hydroxyl groups is 1. The minimum atomic E-state index is -0.579. The normalized spacial score (nSPS) is 10.5. The van der Waals surface area contributed by atoms with Crippen LogP contribution in [0.1, 0.15) is 15.9 Å². The van der Waals surface area contributed by atoms with Gasteiger partial charge < -0.3 is 10.0 Å². The largest absolute Gasteiger partial charge is 0.395 e. The number of aliphatic hydroxyl groups excluding tert-OH is 1. The van der Waals surface area contributed by atoms with Gasteiger partial charge in [-0.15, -0.1) is 0 Å². The van der Waals surface area contributed by atoms with Crippen LogP contribution in [-0.4, -0.2) is 29.1 Å². The molecule has 2 aromatic rings. The Balaban J connectivity index is 2.22. The summed E-state index contributed by atoms with van der Waals surface area (Å²) in [4.78, 5) is 13.9. The lowest BCUT2D eigenvalue weighted by atomic mass is 10.1. The fraction of sp³-hybridized carbons (Fsp3) is 0.188. The molecule has 0 aliphatic rings. The SMILES string of the molecule is O=C(c1ccc(Br)cc1F)N(CCO)Cc1ccc(I)cc1. The minimum absolute atomic E-state index is 0.00200. The van der Waals surface area contributed by atoms with E-state index in [9.17, 15) is 14.3 Å². The molecule has 0 saturated carbocycles. The summed E-state index contributed by atoms with van der Waals surface area (Å²) in [6, 6.07) is 12.0. The van der Waals surface area contributed by atoms with E-state index in [4.69, 9.17) is 0 Å². The van der Waals surface area contributed by atoms with E-state index in [1.807, 2.05) is 24.3 Å². The maximum absolute atomic E-state index is 14.0. The Kier molecular flexibility index (Phi) is 6.34. The highest BCUT2D eigenvalue weighted by Gasteiger charge is 2.19. The zero-order valence-electron chi connectivity index (χ0n) is 11.6. The number of hydrogen-bond donors (Lipinski definition) is 1. The lowest BCUT2D eigenvalue weighted by Crippen LogP contribution is -2.33. The van der Waals surface area contributed by atoms with Gasteiger partial charge >= 0.3 is 0 Å². The first-order valence-electron chi connectivity index (χ1n) is 6.61. The second-order valence-corrected chi connectivity index (χ2v) is 6.86. The number of hydrogen-bond acceptors (Lipinski definition) is 2. The van der Waals surface area contributed by atoms with Crippen molar-refractivity contribution in [2.75, 3.05) is 13.2 Å². The predicted molar refractivity (Wildman–Crippen MR) is 95.1 cm³/mol. The van der Waals surface area contributed by atoms with E-state index in [1.165, 1.54) is 17.0 Å². The number of nitrogens with zero attached hydrogens (tertiary/aromatic N) is 1. The molecule has 2 aromatic carbocycles. The van der Waals surface area contributed by atoms with Crippen LogP contribution in [0.5, 0.6) is 0 Å². The molecule has 0 atom stereocenters. The summed E-state index contributed by atoms with van der Waals surface area (Å²) in [6.45, 7) is 0.306. The minimum Gasteiger partial charge on any atom is -0.395 e. The molecule has 0 aliphatic carbocycles. The van der Waals surface area contributed by atoms with Crippen molar-refractivity contribution in [1.29, 1.82) is 0 Å². The smallest absolute Gasteiger partial charge is 0.257 e. The van der Waals surface area contributed by atoms with E-state index in [0.29, 0.717) is 11.0 Å². The maximum atomic E-state index is 14.0. The van der Waals surface area contributed by atoms with Crippen LogP contribution >= 0.6 is 38.5 Å². The third-order valence-electron chi connectivity index (χ3n) is 3.11. The molecular formula is C16H14BrFINO2. The van der Waals surface area contributed by atoms with Crippen LogP contribution in [0.3, 0.4) is 0 Å². The Morgan fingerprint density at radius 1 is 1.23 bits per heavy atom. The van der Waals surface area contributed by atoms with Gasteiger partial charge in [0.15, 0.2) is 0 Å². The van der Waals surface area contributed by atoms with E-state index in [-0.39, 0.29) is 18.7 Å². The van der Waals surface area contributed by atoms with Gasteiger partial charge in [-0.3, -0.25) is 4.79 Å². The maximum Gasteiger partial charge on any atom is 0.257 e. The molecule has 2 rings (SSSR count). The van der Waals surface area contributed by atoms with Crippen molar-refractivity contribution >= 4 is 44.4 Å². The van der Waals surface area contributed by atoms with E-state index >= 15 is 0 Å². The number of carbonyl (C=O) groups excluding carboxylic acids is 1. The standard InChI is InChI=1S/C16H14BrFINO2/c17-12-3-6-14(15(18)9-12)16(22)20(7-8-21)10-11-1-4-13(19)5-2-11/h1-6,9,21H,7-8,10H2. The molecule has 1 amide bonds. The first-order chi connectivity index (χ1) is 10.5. The highest BCUT2D eigenvalue weighted by molar-refractivity contribution is 14.1. The number of halogens is 3. The third kappa shape index (κ3) is 4.50. The Hall–Kier alpha value is -0.990. The zero-order valence-corrected chi connectivity index (χ0v) is 15.3. The molecule has 0 saturated heterocycles. The van der Waals surface area contributed by atoms with Crippen molar-refractivity contribution in [3.63, 3.8) is 0 Å². The number of carbonyl (C=O) groups is 1. The van der Waals surface area contributed by atoms with Gasteiger partial charge in [-0.05, 0) is 58.5 Å². The lowest BCUT2D eigenvalue weighted by Gasteiger charge is -2.22. The Labute approximate surface area is 150 Å². The second kappa shape index (κ2) is 8.03. The van der Waals surface area contributed by atoms with Crippen LogP contribution in [0.25, 0.3) is 0 Å². The molecule has 1 N–H and O–H groups in total. The molecule has 6 heteroatoms. The van der Waals surface area contributed by atoms with Gasteiger partial charge in [-0.25, -0.2) is 4.39 Å². The van der Waals surface area contributed by atoms with Crippen LogP contribution in [0, 0.1) is 9.39 Å². The number of rotatable bonds is 5. The second-order valence-electron chi connectivity index (χ2n) is 4.70. The topological polar surface area (TPSA) is 40.5 Å². The van der Waals surface area contributed by atoms with Crippen molar-refractivity contribution < 1.29 is 14.3 Å². The Bertz CT molecular complexity index is 664. The summed E-state index contributed by atoms with van der Waals surface area (Å²) in [5.74, 6) is -1.01. The molecule has 0 fully saturated rings. The molecule has 0 aromatic heterocycles. The van der Waals surface area contributed by atoms with E-state index in [0.717, 1.165) is 9.13 Å². The average Bonchev–Trinajstić information content (AvgIpc) is 2.48. The van der Waals surface area contributed by atoms with Gasteiger partial charge in [0.05, 0.1) is 12.2 Å². The zero-order chi connectivity index (χ0) is 16.1. The van der Waals surface area contributed by atoms with Crippen molar-refractivity contribution in [2.45, 2.75) is 6.54 Å². The molecular weight excluding hydrogens is 464 g/mol. The predicted octanol–water partition coefficient (Wildman–Crippen LogP) is 3.83. The van der Waals surface area contributed by atoms with Crippen molar-refractivity contribution in [1.82, 2.24) is 4.90 Å². The summed E-state index contributed by atoms with van der Waals surface area (Å²) in [5.41, 5.74) is 0.932. The fourth-order valence-corrected chi connectivity index (χ4v) is 2.71. The van der Waals surface area contributed by atoms with Gasteiger partial charge in [0.2, 0.25) is 0 Å². The molecule has 0 bridgehead atoms. The Morgan fingerprint density at radius 2 is 1.91 bits per heavy atom. The summed E-state index contributed by atoms with van der Waals surface area (Å²) in [5, 5.41) is 9.17. The van der Waals surface area contributed by atoms with E-state index in [2.05, 4.69) is 38.5 Å². The first kappa shape index (κ1) is 17.4. The van der Waals surface area contributed by atoms with Gasteiger partial charge in [0, 0.05) is 21.1 Å². The molecule has 0 aliphatic heterocycles. The van der Waals surface area contributed by atoms with Gasteiger partial charge in [-0.1, -0.05) is 28.1 Å². The van der Waals surface area contributed by atoms with Crippen molar-refractivity contribution in [2.24, 2.45) is 0 Å². The van der Waals surface area contributed by atoms with Gasteiger partial charge in [0.1, 0.15) is 5.82 Å². The lowest BCUT2D eigenvalue weighted by molar-refractivity contribution is 0.0703. The molecule has 116 valence electrons. The summed E-state index contributed by atoms with van der Waals surface area (Å²) in [6.07, 6.45) is 0. The molecule has 0 unspecified atom stereocenters. The van der Waals surface area contributed by atoms with Gasteiger partial charge in [0.25, 0.3) is 5.91 Å². The first-order valence-corrected chi connectivity index (χ1v) is 8.48. The number of amides is 1. The molecule has 0 heterocycles. The van der Waals surface area contributed by atoms with Crippen molar-refractivity contribution in [3.05, 3.63) is 67.5 Å². The highest BCUT2D eigenvalue weighted by atomic mass is 127.